The molecular formula is C20H25ClN2O3. The standard InChI is InChI=1S/C20H25ClN2O3/c1-3-12-23(13-14-26-17-10-8-16(21)9-11-17)15-20(24)22-18-6-4-5-7-19(18)25-2/h4-11H,3,12-15H2,1-2H3,(H,22,24). The van der Waals surface area contributed by atoms with Gasteiger partial charge in [-0.05, 0) is 49.4 Å². The third-order valence-electron chi connectivity index (χ3n) is 3.78. The minimum atomic E-state index is -0.0746. The lowest BCUT2D eigenvalue weighted by atomic mass is 10.3. The van der Waals surface area contributed by atoms with Crippen LogP contribution in [0.15, 0.2) is 48.5 Å². The van der Waals surface area contributed by atoms with E-state index in [9.17, 15) is 4.79 Å². The monoisotopic (exact) mass is 376 g/mol. The van der Waals surface area contributed by atoms with E-state index in [-0.39, 0.29) is 5.91 Å². The Bertz CT molecular complexity index is 692. The van der Waals surface area contributed by atoms with Gasteiger partial charge in [-0.3, -0.25) is 9.69 Å². The molecule has 1 N–H and O–H groups in total. The maximum absolute atomic E-state index is 12.4. The van der Waals surface area contributed by atoms with Crippen LogP contribution < -0.4 is 14.8 Å². The highest BCUT2D eigenvalue weighted by Gasteiger charge is 2.12. The van der Waals surface area contributed by atoms with Crippen molar-refractivity contribution in [2.75, 3.05) is 38.7 Å². The Morgan fingerprint density at radius 3 is 2.54 bits per heavy atom. The van der Waals surface area contributed by atoms with Gasteiger partial charge in [-0.25, -0.2) is 0 Å². The molecule has 0 aliphatic carbocycles. The van der Waals surface area contributed by atoms with E-state index in [1.54, 1.807) is 19.2 Å². The van der Waals surface area contributed by atoms with Crippen molar-refractivity contribution < 1.29 is 14.3 Å². The van der Waals surface area contributed by atoms with Gasteiger partial charge in [-0.1, -0.05) is 30.7 Å². The zero-order valence-electron chi connectivity index (χ0n) is 15.2. The van der Waals surface area contributed by atoms with Gasteiger partial charge in [0.1, 0.15) is 18.1 Å². The highest BCUT2D eigenvalue weighted by Crippen LogP contribution is 2.22. The second-order valence-corrected chi connectivity index (χ2v) is 6.26. The summed E-state index contributed by atoms with van der Waals surface area (Å²) in [5, 5.41) is 3.58. The summed E-state index contributed by atoms with van der Waals surface area (Å²) in [6.45, 7) is 4.38. The van der Waals surface area contributed by atoms with Crippen molar-refractivity contribution >= 4 is 23.2 Å². The molecule has 140 valence electrons. The average Bonchev–Trinajstić information content (AvgIpc) is 2.64. The first kappa shape index (κ1) is 20.1. The Morgan fingerprint density at radius 1 is 1.12 bits per heavy atom. The predicted molar refractivity (Wildman–Crippen MR) is 105 cm³/mol. The molecule has 2 rings (SSSR count). The van der Waals surface area contributed by atoms with E-state index in [4.69, 9.17) is 21.1 Å². The van der Waals surface area contributed by atoms with E-state index in [0.717, 1.165) is 18.7 Å². The van der Waals surface area contributed by atoms with Crippen LogP contribution in [0.3, 0.4) is 0 Å². The van der Waals surface area contributed by atoms with Gasteiger partial charge < -0.3 is 14.8 Å². The number of ether oxygens (including phenoxy) is 2. The van der Waals surface area contributed by atoms with E-state index >= 15 is 0 Å². The maximum Gasteiger partial charge on any atom is 0.238 e. The minimum Gasteiger partial charge on any atom is -0.495 e. The minimum absolute atomic E-state index is 0.0746. The van der Waals surface area contributed by atoms with E-state index in [2.05, 4.69) is 17.1 Å². The SMILES string of the molecule is CCCN(CCOc1ccc(Cl)cc1)CC(=O)Nc1ccccc1OC. The Labute approximate surface area is 159 Å². The molecule has 5 nitrogen and oxygen atoms in total. The fourth-order valence-electron chi connectivity index (χ4n) is 2.55. The van der Waals surface area contributed by atoms with Crippen LogP contribution in [0.5, 0.6) is 11.5 Å². The molecule has 0 fully saturated rings. The van der Waals surface area contributed by atoms with Crippen LogP contribution in [0, 0.1) is 0 Å². The number of carbonyl (C=O) groups excluding carboxylic acids is 1. The number of benzene rings is 2. The van der Waals surface area contributed by atoms with E-state index in [1.165, 1.54) is 0 Å². The summed E-state index contributed by atoms with van der Waals surface area (Å²) in [6.07, 6.45) is 0.961. The van der Waals surface area contributed by atoms with Crippen molar-refractivity contribution in [3.05, 3.63) is 53.6 Å². The van der Waals surface area contributed by atoms with Gasteiger partial charge in [0.05, 0.1) is 19.3 Å². The smallest absolute Gasteiger partial charge is 0.238 e. The third kappa shape index (κ3) is 6.58. The highest BCUT2D eigenvalue weighted by atomic mass is 35.5. The lowest BCUT2D eigenvalue weighted by molar-refractivity contribution is -0.117. The first-order valence-electron chi connectivity index (χ1n) is 8.66. The van der Waals surface area contributed by atoms with E-state index in [0.29, 0.717) is 36.2 Å². The molecule has 0 saturated carbocycles. The molecule has 1 amide bonds. The van der Waals surface area contributed by atoms with Gasteiger partial charge in [0.2, 0.25) is 5.91 Å². The number of rotatable bonds is 10. The van der Waals surface area contributed by atoms with Crippen molar-refractivity contribution in [2.45, 2.75) is 13.3 Å². The molecule has 0 heterocycles. The van der Waals surface area contributed by atoms with Crippen molar-refractivity contribution in [3.8, 4) is 11.5 Å². The quantitative estimate of drug-likeness (QED) is 0.678. The molecule has 0 aromatic heterocycles. The number of amides is 1. The van der Waals surface area contributed by atoms with Crippen molar-refractivity contribution in [3.63, 3.8) is 0 Å². The topological polar surface area (TPSA) is 50.8 Å². The summed E-state index contributed by atoms with van der Waals surface area (Å²) in [7, 11) is 1.59. The molecule has 0 saturated heterocycles. The van der Waals surface area contributed by atoms with Crippen molar-refractivity contribution in [1.29, 1.82) is 0 Å². The van der Waals surface area contributed by atoms with Crippen LogP contribution in [0.4, 0.5) is 5.69 Å². The van der Waals surface area contributed by atoms with Gasteiger partial charge in [0.15, 0.2) is 0 Å². The molecule has 0 atom stereocenters. The number of halogens is 1. The molecule has 2 aromatic carbocycles. The first-order valence-corrected chi connectivity index (χ1v) is 9.03. The molecular weight excluding hydrogens is 352 g/mol. The fraction of sp³-hybridized carbons (Fsp3) is 0.350. The highest BCUT2D eigenvalue weighted by molar-refractivity contribution is 6.30. The lowest BCUT2D eigenvalue weighted by Gasteiger charge is -2.21. The molecule has 0 unspecified atom stereocenters. The van der Waals surface area contributed by atoms with Gasteiger partial charge in [-0.15, -0.1) is 0 Å². The number of anilines is 1. The molecule has 0 spiro atoms. The number of nitrogens with zero attached hydrogens (tertiary/aromatic N) is 1. The Kier molecular flexibility index (Phi) is 8.25. The van der Waals surface area contributed by atoms with Gasteiger partial charge in [0, 0.05) is 11.6 Å². The van der Waals surface area contributed by atoms with Crippen molar-refractivity contribution in [2.24, 2.45) is 0 Å². The predicted octanol–water partition coefficient (Wildman–Crippen LogP) is 4.08. The molecule has 0 aliphatic rings. The number of para-hydroxylation sites is 2. The van der Waals surface area contributed by atoms with Crippen molar-refractivity contribution in [1.82, 2.24) is 4.90 Å². The Balaban J connectivity index is 1.84. The van der Waals surface area contributed by atoms with Crippen LogP contribution >= 0.6 is 11.6 Å². The summed E-state index contributed by atoms with van der Waals surface area (Å²) < 4.78 is 11.0. The zero-order valence-corrected chi connectivity index (χ0v) is 16.0. The maximum atomic E-state index is 12.4. The fourth-order valence-corrected chi connectivity index (χ4v) is 2.68. The van der Waals surface area contributed by atoms with E-state index < -0.39 is 0 Å². The Hall–Kier alpha value is -2.24. The summed E-state index contributed by atoms with van der Waals surface area (Å²) in [6, 6.07) is 14.6. The average molecular weight is 377 g/mol. The van der Waals surface area contributed by atoms with E-state index in [1.807, 2.05) is 36.4 Å². The summed E-state index contributed by atoms with van der Waals surface area (Å²) in [5.41, 5.74) is 0.675. The summed E-state index contributed by atoms with van der Waals surface area (Å²) in [4.78, 5) is 14.4. The number of nitrogens with one attached hydrogen (secondary N) is 1. The van der Waals surface area contributed by atoms with Gasteiger partial charge in [0.25, 0.3) is 0 Å². The molecule has 0 aliphatic heterocycles. The molecule has 6 heteroatoms. The van der Waals surface area contributed by atoms with Crippen LogP contribution in [0.1, 0.15) is 13.3 Å². The van der Waals surface area contributed by atoms with Gasteiger partial charge >= 0.3 is 0 Å². The van der Waals surface area contributed by atoms with Crippen LogP contribution in [0.2, 0.25) is 5.02 Å². The summed E-state index contributed by atoms with van der Waals surface area (Å²) in [5.74, 6) is 1.34. The molecule has 26 heavy (non-hydrogen) atoms. The molecule has 2 aromatic rings. The number of carbonyl (C=O) groups is 1. The van der Waals surface area contributed by atoms with Crippen LogP contribution in [-0.2, 0) is 4.79 Å². The largest absolute Gasteiger partial charge is 0.495 e. The number of methoxy groups -OCH3 is 1. The molecule has 0 radical (unpaired) electrons. The van der Waals surface area contributed by atoms with Crippen LogP contribution in [0.25, 0.3) is 0 Å². The normalized spacial score (nSPS) is 10.6. The Morgan fingerprint density at radius 2 is 1.85 bits per heavy atom. The number of hydrogen-bond donors (Lipinski definition) is 1. The second-order valence-electron chi connectivity index (χ2n) is 5.83. The number of hydrogen-bond acceptors (Lipinski definition) is 4. The first-order chi connectivity index (χ1) is 12.6. The zero-order chi connectivity index (χ0) is 18.8. The van der Waals surface area contributed by atoms with Gasteiger partial charge in [-0.2, -0.15) is 0 Å². The summed E-state index contributed by atoms with van der Waals surface area (Å²) >= 11 is 5.87. The second kappa shape index (κ2) is 10.7. The van der Waals surface area contributed by atoms with Crippen LogP contribution in [-0.4, -0.2) is 44.2 Å². The lowest BCUT2D eigenvalue weighted by Crippen LogP contribution is -2.36. The molecule has 0 bridgehead atoms. The third-order valence-corrected chi connectivity index (χ3v) is 4.03.